The topological polar surface area (TPSA) is 95.7 Å². The molecule has 0 fully saturated rings. The molecule has 0 heterocycles. The fourth-order valence-electron chi connectivity index (χ4n) is 2.85. The number of carbonyl (C=O) groups excluding carboxylic acids is 2. The molecule has 0 N–H and O–H groups in total. The molecule has 0 bridgehead atoms. The van der Waals surface area contributed by atoms with Gasteiger partial charge in [-0.05, 0) is 43.2 Å². The molecule has 2 aromatic carbocycles. The van der Waals surface area contributed by atoms with Crippen LogP contribution < -0.4 is 0 Å². The summed E-state index contributed by atoms with van der Waals surface area (Å²) in [6.07, 6.45) is 3.95. The van der Waals surface area contributed by atoms with Crippen LogP contribution in [0.3, 0.4) is 0 Å². The summed E-state index contributed by atoms with van der Waals surface area (Å²) in [5.41, 5.74) is 1.40. The van der Waals surface area contributed by atoms with E-state index in [4.69, 9.17) is 9.47 Å². The smallest absolute Gasteiger partial charge is 0.339 e. The van der Waals surface area contributed by atoms with E-state index in [-0.39, 0.29) is 23.4 Å². The van der Waals surface area contributed by atoms with E-state index in [0.29, 0.717) is 17.7 Å². The molecule has 0 aliphatic carbocycles. The van der Waals surface area contributed by atoms with Gasteiger partial charge in [0.25, 0.3) is 5.69 Å². The van der Waals surface area contributed by atoms with Gasteiger partial charge in [-0.25, -0.2) is 9.59 Å². The number of unbranched alkanes of at least 4 members (excludes halogenated alkanes) is 3. The van der Waals surface area contributed by atoms with Crippen LogP contribution >= 0.6 is 0 Å². The lowest BCUT2D eigenvalue weighted by molar-refractivity contribution is -0.385. The Morgan fingerprint density at radius 3 is 2.21 bits per heavy atom. The fraction of sp³-hybridized carbons (Fsp3) is 0.364. The van der Waals surface area contributed by atoms with E-state index in [2.05, 4.69) is 6.92 Å². The SMILES string of the molecule is CCCCCCOC(=O)c1ccccc1C(=O)OCc1ccc([N+](=O)[O-])c(C)c1. The molecule has 0 unspecified atom stereocenters. The molecule has 0 atom stereocenters. The predicted molar refractivity (Wildman–Crippen MR) is 108 cm³/mol. The van der Waals surface area contributed by atoms with E-state index in [0.717, 1.165) is 25.7 Å². The van der Waals surface area contributed by atoms with Crippen LogP contribution in [0.25, 0.3) is 0 Å². The van der Waals surface area contributed by atoms with Crippen molar-refractivity contribution in [3.8, 4) is 0 Å². The summed E-state index contributed by atoms with van der Waals surface area (Å²) in [5, 5.41) is 10.9. The summed E-state index contributed by atoms with van der Waals surface area (Å²) in [5.74, 6) is -1.21. The summed E-state index contributed by atoms with van der Waals surface area (Å²) in [4.78, 5) is 35.2. The summed E-state index contributed by atoms with van der Waals surface area (Å²) < 4.78 is 10.6. The van der Waals surface area contributed by atoms with Crippen LogP contribution in [0.1, 0.15) is 64.4 Å². The molecular weight excluding hydrogens is 374 g/mol. The summed E-state index contributed by atoms with van der Waals surface area (Å²) in [7, 11) is 0. The van der Waals surface area contributed by atoms with Crippen LogP contribution in [-0.4, -0.2) is 23.5 Å². The van der Waals surface area contributed by atoms with Gasteiger partial charge in [-0.2, -0.15) is 0 Å². The molecule has 7 nitrogen and oxygen atoms in total. The first-order valence-electron chi connectivity index (χ1n) is 9.61. The first-order valence-corrected chi connectivity index (χ1v) is 9.61. The number of nitro benzene ring substituents is 1. The zero-order valence-corrected chi connectivity index (χ0v) is 16.7. The molecular formula is C22H25NO6. The van der Waals surface area contributed by atoms with E-state index in [1.807, 2.05) is 0 Å². The molecule has 0 saturated heterocycles. The number of aryl methyl sites for hydroxylation is 1. The van der Waals surface area contributed by atoms with Crippen LogP contribution in [0.2, 0.25) is 0 Å². The van der Waals surface area contributed by atoms with Crippen molar-refractivity contribution in [2.45, 2.75) is 46.1 Å². The number of rotatable bonds is 10. The van der Waals surface area contributed by atoms with Crippen molar-refractivity contribution in [1.29, 1.82) is 0 Å². The van der Waals surface area contributed by atoms with Crippen LogP contribution in [0, 0.1) is 17.0 Å². The van der Waals surface area contributed by atoms with Crippen molar-refractivity contribution in [3.05, 3.63) is 74.8 Å². The molecule has 0 aromatic heterocycles. The molecule has 0 spiro atoms. The van der Waals surface area contributed by atoms with Crippen molar-refractivity contribution in [3.63, 3.8) is 0 Å². The molecule has 29 heavy (non-hydrogen) atoms. The minimum Gasteiger partial charge on any atom is -0.462 e. The average Bonchev–Trinajstić information content (AvgIpc) is 2.71. The Morgan fingerprint density at radius 1 is 0.966 bits per heavy atom. The number of nitrogens with zero attached hydrogens (tertiary/aromatic N) is 1. The molecule has 2 rings (SSSR count). The maximum Gasteiger partial charge on any atom is 0.339 e. The third-order valence-electron chi connectivity index (χ3n) is 4.43. The number of benzene rings is 2. The average molecular weight is 399 g/mol. The summed E-state index contributed by atoms with van der Waals surface area (Å²) >= 11 is 0. The Hall–Kier alpha value is -3.22. The maximum absolute atomic E-state index is 12.5. The molecule has 0 aliphatic heterocycles. The minimum absolute atomic E-state index is 0.00658. The van der Waals surface area contributed by atoms with Gasteiger partial charge >= 0.3 is 11.9 Å². The second kappa shape index (κ2) is 10.9. The van der Waals surface area contributed by atoms with Gasteiger partial charge < -0.3 is 9.47 Å². The van der Waals surface area contributed by atoms with Crippen LogP contribution in [0.5, 0.6) is 0 Å². The predicted octanol–water partition coefficient (Wildman–Crippen LogP) is 5.00. The Morgan fingerprint density at radius 2 is 1.62 bits per heavy atom. The molecule has 0 radical (unpaired) electrons. The number of hydrogen-bond acceptors (Lipinski definition) is 6. The van der Waals surface area contributed by atoms with Gasteiger partial charge in [0.15, 0.2) is 0 Å². The van der Waals surface area contributed by atoms with Crippen molar-refractivity contribution >= 4 is 17.6 Å². The van der Waals surface area contributed by atoms with Crippen molar-refractivity contribution in [1.82, 2.24) is 0 Å². The lowest BCUT2D eigenvalue weighted by Crippen LogP contribution is -2.14. The lowest BCUT2D eigenvalue weighted by Gasteiger charge is -2.10. The quantitative estimate of drug-likeness (QED) is 0.241. The standard InChI is InChI=1S/C22H25NO6/c1-3-4-5-8-13-28-21(24)18-9-6-7-10-19(18)22(25)29-15-17-11-12-20(23(26)27)16(2)14-17/h6-7,9-12,14H,3-5,8,13,15H2,1-2H3. The summed E-state index contributed by atoms with van der Waals surface area (Å²) in [6.45, 7) is 3.98. The number of ether oxygens (including phenoxy) is 2. The first-order chi connectivity index (χ1) is 13.9. The van der Waals surface area contributed by atoms with E-state index in [1.54, 1.807) is 25.1 Å². The van der Waals surface area contributed by atoms with Crippen molar-refractivity contribution < 1.29 is 24.0 Å². The van der Waals surface area contributed by atoms with Gasteiger partial charge in [0.05, 0.1) is 22.7 Å². The summed E-state index contributed by atoms with van der Waals surface area (Å²) in [6, 6.07) is 10.9. The number of hydrogen-bond donors (Lipinski definition) is 0. The first kappa shape index (κ1) is 22.1. The lowest BCUT2D eigenvalue weighted by atomic mass is 10.1. The second-order valence-electron chi connectivity index (χ2n) is 6.70. The third kappa shape index (κ3) is 6.41. The van der Waals surface area contributed by atoms with Gasteiger partial charge in [0.2, 0.25) is 0 Å². The van der Waals surface area contributed by atoms with Crippen molar-refractivity contribution in [2.75, 3.05) is 6.61 Å². The molecule has 154 valence electrons. The van der Waals surface area contributed by atoms with Crippen LogP contribution in [0.15, 0.2) is 42.5 Å². The van der Waals surface area contributed by atoms with Gasteiger partial charge in [0, 0.05) is 11.6 Å². The van der Waals surface area contributed by atoms with Crippen molar-refractivity contribution in [2.24, 2.45) is 0 Å². The van der Waals surface area contributed by atoms with Gasteiger partial charge in [-0.3, -0.25) is 10.1 Å². The van der Waals surface area contributed by atoms with E-state index in [1.165, 1.54) is 24.3 Å². The monoisotopic (exact) mass is 399 g/mol. The zero-order chi connectivity index (χ0) is 21.2. The Bertz CT molecular complexity index is 877. The highest BCUT2D eigenvalue weighted by atomic mass is 16.6. The maximum atomic E-state index is 12.5. The Labute approximate surface area is 169 Å². The molecule has 0 amide bonds. The fourth-order valence-corrected chi connectivity index (χ4v) is 2.85. The zero-order valence-electron chi connectivity index (χ0n) is 16.7. The van der Waals surface area contributed by atoms with Gasteiger partial charge in [-0.1, -0.05) is 38.3 Å². The molecule has 0 saturated carbocycles. The highest BCUT2D eigenvalue weighted by molar-refractivity contribution is 6.03. The number of carbonyl (C=O) groups is 2. The number of esters is 2. The normalized spacial score (nSPS) is 10.4. The highest BCUT2D eigenvalue weighted by Gasteiger charge is 2.19. The molecule has 2 aromatic rings. The van der Waals surface area contributed by atoms with Gasteiger partial charge in [-0.15, -0.1) is 0 Å². The highest BCUT2D eigenvalue weighted by Crippen LogP contribution is 2.20. The van der Waals surface area contributed by atoms with Gasteiger partial charge in [0.1, 0.15) is 6.61 Å². The van der Waals surface area contributed by atoms with Crippen LogP contribution in [-0.2, 0) is 16.1 Å². The van der Waals surface area contributed by atoms with E-state index in [9.17, 15) is 19.7 Å². The second-order valence-corrected chi connectivity index (χ2v) is 6.70. The minimum atomic E-state index is -0.653. The third-order valence-corrected chi connectivity index (χ3v) is 4.43. The Balaban J connectivity index is 2.00. The van der Waals surface area contributed by atoms with E-state index < -0.39 is 16.9 Å². The molecule has 7 heteroatoms. The van der Waals surface area contributed by atoms with E-state index >= 15 is 0 Å². The molecule has 0 aliphatic rings. The largest absolute Gasteiger partial charge is 0.462 e. The number of nitro groups is 1. The van der Waals surface area contributed by atoms with Crippen LogP contribution in [0.4, 0.5) is 5.69 Å². The Kier molecular flexibility index (Phi) is 8.33.